The van der Waals surface area contributed by atoms with Crippen molar-refractivity contribution in [3.8, 4) is 0 Å². The highest BCUT2D eigenvalue weighted by Crippen LogP contribution is 2.32. The standard InChI is InChI=1S/C16H24N2O2/c1-3-17-16-8-7-12(2)9-14(16)10-13-5-4-6-15(11-13)18(19)20/h4-6,11-12,14,16-17H,3,7-10H2,1-2H3. The molecule has 1 aromatic carbocycles. The molecule has 1 aliphatic carbocycles. The number of nitro benzene ring substituents is 1. The van der Waals surface area contributed by atoms with E-state index in [-0.39, 0.29) is 10.6 Å². The van der Waals surface area contributed by atoms with Crippen molar-refractivity contribution in [3.05, 3.63) is 39.9 Å². The van der Waals surface area contributed by atoms with Crippen LogP contribution in [-0.2, 0) is 6.42 Å². The molecule has 1 saturated carbocycles. The molecular weight excluding hydrogens is 252 g/mol. The van der Waals surface area contributed by atoms with Gasteiger partial charge in [-0.2, -0.15) is 0 Å². The lowest BCUT2D eigenvalue weighted by molar-refractivity contribution is -0.384. The predicted octanol–water partition coefficient (Wildman–Crippen LogP) is 3.55. The van der Waals surface area contributed by atoms with Crippen LogP contribution in [0.15, 0.2) is 24.3 Å². The monoisotopic (exact) mass is 276 g/mol. The van der Waals surface area contributed by atoms with Gasteiger partial charge in [0.1, 0.15) is 0 Å². The number of hydrogen-bond acceptors (Lipinski definition) is 3. The highest BCUT2D eigenvalue weighted by molar-refractivity contribution is 5.34. The zero-order valence-corrected chi connectivity index (χ0v) is 12.3. The van der Waals surface area contributed by atoms with Crippen molar-refractivity contribution in [2.75, 3.05) is 6.54 Å². The van der Waals surface area contributed by atoms with Crippen molar-refractivity contribution in [2.24, 2.45) is 11.8 Å². The van der Waals surface area contributed by atoms with Gasteiger partial charge >= 0.3 is 0 Å². The highest BCUT2D eigenvalue weighted by Gasteiger charge is 2.28. The van der Waals surface area contributed by atoms with Gasteiger partial charge in [0.05, 0.1) is 4.92 Å². The van der Waals surface area contributed by atoms with Crippen LogP contribution in [0.3, 0.4) is 0 Å². The van der Waals surface area contributed by atoms with Gasteiger partial charge in [-0.25, -0.2) is 0 Å². The number of hydrogen-bond donors (Lipinski definition) is 1. The van der Waals surface area contributed by atoms with Gasteiger partial charge in [-0.05, 0) is 49.6 Å². The molecule has 3 unspecified atom stereocenters. The molecule has 1 fully saturated rings. The van der Waals surface area contributed by atoms with Gasteiger partial charge in [-0.3, -0.25) is 10.1 Å². The number of benzene rings is 1. The van der Waals surface area contributed by atoms with E-state index in [9.17, 15) is 10.1 Å². The summed E-state index contributed by atoms with van der Waals surface area (Å²) < 4.78 is 0. The summed E-state index contributed by atoms with van der Waals surface area (Å²) in [5.41, 5.74) is 1.28. The van der Waals surface area contributed by atoms with E-state index in [2.05, 4.69) is 19.2 Å². The van der Waals surface area contributed by atoms with Gasteiger partial charge < -0.3 is 5.32 Å². The summed E-state index contributed by atoms with van der Waals surface area (Å²) in [7, 11) is 0. The molecule has 0 amide bonds. The maximum Gasteiger partial charge on any atom is 0.269 e. The van der Waals surface area contributed by atoms with E-state index in [1.807, 2.05) is 6.07 Å². The molecule has 1 N–H and O–H groups in total. The Morgan fingerprint density at radius 1 is 1.40 bits per heavy atom. The molecule has 0 heterocycles. The van der Waals surface area contributed by atoms with Gasteiger partial charge in [0.15, 0.2) is 0 Å². The van der Waals surface area contributed by atoms with Crippen LogP contribution in [0, 0.1) is 22.0 Å². The molecular formula is C16H24N2O2. The number of nitro groups is 1. The molecule has 1 aromatic rings. The largest absolute Gasteiger partial charge is 0.314 e. The average molecular weight is 276 g/mol. The Hall–Kier alpha value is -1.42. The fourth-order valence-electron chi connectivity index (χ4n) is 3.35. The van der Waals surface area contributed by atoms with E-state index in [0.29, 0.717) is 12.0 Å². The van der Waals surface area contributed by atoms with Crippen LogP contribution in [0.1, 0.15) is 38.7 Å². The second-order valence-corrected chi connectivity index (χ2v) is 5.97. The summed E-state index contributed by atoms with van der Waals surface area (Å²) in [6.45, 7) is 5.44. The molecule has 0 radical (unpaired) electrons. The fourth-order valence-corrected chi connectivity index (χ4v) is 3.35. The molecule has 110 valence electrons. The zero-order chi connectivity index (χ0) is 14.5. The average Bonchev–Trinajstić information content (AvgIpc) is 2.42. The Morgan fingerprint density at radius 3 is 2.90 bits per heavy atom. The quantitative estimate of drug-likeness (QED) is 0.661. The fraction of sp³-hybridized carbons (Fsp3) is 0.625. The second-order valence-electron chi connectivity index (χ2n) is 5.97. The molecule has 2 rings (SSSR count). The van der Waals surface area contributed by atoms with Gasteiger partial charge in [-0.1, -0.05) is 26.0 Å². The van der Waals surface area contributed by atoms with Crippen LogP contribution < -0.4 is 5.32 Å². The van der Waals surface area contributed by atoms with Crippen molar-refractivity contribution in [1.82, 2.24) is 5.32 Å². The van der Waals surface area contributed by atoms with E-state index in [1.165, 1.54) is 19.3 Å². The Kier molecular flexibility index (Phi) is 5.12. The Balaban J connectivity index is 2.09. The van der Waals surface area contributed by atoms with Crippen molar-refractivity contribution >= 4 is 5.69 Å². The second kappa shape index (κ2) is 6.84. The molecule has 0 spiro atoms. The first-order valence-electron chi connectivity index (χ1n) is 7.56. The van der Waals surface area contributed by atoms with Gasteiger partial charge in [0.25, 0.3) is 5.69 Å². The Morgan fingerprint density at radius 2 is 2.20 bits per heavy atom. The van der Waals surface area contributed by atoms with Crippen LogP contribution >= 0.6 is 0 Å². The maximum absolute atomic E-state index is 10.9. The summed E-state index contributed by atoms with van der Waals surface area (Å²) >= 11 is 0. The van der Waals surface area contributed by atoms with Crippen LogP contribution in [0.2, 0.25) is 0 Å². The van der Waals surface area contributed by atoms with Crippen molar-refractivity contribution in [2.45, 2.75) is 45.6 Å². The first kappa shape index (κ1) is 15.0. The third-order valence-corrected chi connectivity index (χ3v) is 4.33. The smallest absolute Gasteiger partial charge is 0.269 e. The molecule has 0 aliphatic heterocycles. The highest BCUT2D eigenvalue weighted by atomic mass is 16.6. The summed E-state index contributed by atoms with van der Waals surface area (Å²) in [6.07, 6.45) is 4.64. The number of rotatable bonds is 5. The third kappa shape index (κ3) is 3.79. The van der Waals surface area contributed by atoms with Crippen LogP contribution in [0.4, 0.5) is 5.69 Å². The van der Waals surface area contributed by atoms with E-state index in [1.54, 1.807) is 18.2 Å². The Labute approximate surface area is 120 Å². The Bertz CT molecular complexity index is 462. The SMILES string of the molecule is CCNC1CCC(C)CC1Cc1cccc([N+](=O)[O-])c1. The maximum atomic E-state index is 10.9. The topological polar surface area (TPSA) is 55.2 Å². The normalized spacial score (nSPS) is 26.4. The molecule has 20 heavy (non-hydrogen) atoms. The third-order valence-electron chi connectivity index (χ3n) is 4.33. The molecule has 0 aromatic heterocycles. The lowest BCUT2D eigenvalue weighted by Gasteiger charge is -2.35. The van der Waals surface area contributed by atoms with Gasteiger partial charge in [0.2, 0.25) is 0 Å². The van der Waals surface area contributed by atoms with Gasteiger partial charge in [0, 0.05) is 18.2 Å². The molecule has 3 atom stereocenters. The number of nitrogens with one attached hydrogen (secondary N) is 1. The zero-order valence-electron chi connectivity index (χ0n) is 12.3. The van der Waals surface area contributed by atoms with E-state index in [4.69, 9.17) is 0 Å². The summed E-state index contributed by atoms with van der Waals surface area (Å²) in [5.74, 6) is 1.34. The molecule has 0 saturated heterocycles. The first-order chi connectivity index (χ1) is 9.60. The predicted molar refractivity (Wildman–Crippen MR) is 80.8 cm³/mol. The summed E-state index contributed by atoms with van der Waals surface area (Å²) in [4.78, 5) is 10.5. The summed E-state index contributed by atoms with van der Waals surface area (Å²) in [5, 5.41) is 14.4. The lowest BCUT2D eigenvalue weighted by Crippen LogP contribution is -2.41. The minimum absolute atomic E-state index is 0.200. The lowest BCUT2D eigenvalue weighted by atomic mass is 9.76. The molecule has 4 heteroatoms. The van der Waals surface area contributed by atoms with Gasteiger partial charge in [-0.15, -0.1) is 0 Å². The van der Waals surface area contributed by atoms with E-state index in [0.717, 1.165) is 24.4 Å². The summed E-state index contributed by atoms with van der Waals surface area (Å²) in [6, 6.07) is 7.64. The molecule has 0 bridgehead atoms. The minimum Gasteiger partial charge on any atom is -0.314 e. The van der Waals surface area contributed by atoms with E-state index < -0.39 is 0 Å². The van der Waals surface area contributed by atoms with Crippen molar-refractivity contribution in [1.29, 1.82) is 0 Å². The number of non-ortho nitro benzene ring substituents is 1. The van der Waals surface area contributed by atoms with Crippen LogP contribution in [0.25, 0.3) is 0 Å². The van der Waals surface area contributed by atoms with Crippen molar-refractivity contribution in [3.63, 3.8) is 0 Å². The van der Waals surface area contributed by atoms with Crippen molar-refractivity contribution < 1.29 is 4.92 Å². The van der Waals surface area contributed by atoms with Crippen LogP contribution in [-0.4, -0.2) is 17.5 Å². The molecule has 1 aliphatic rings. The minimum atomic E-state index is -0.311. The number of nitrogens with zero attached hydrogens (tertiary/aromatic N) is 1. The molecule has 4 nitrogen and oxygen atoms in total. The van der Waals surface area contributed by atoms with E-state index >= 15 is 0 Å². The van der Waals surface area contributed by atoms with Crippen LogP contribution in [0.5, 0.6) is 0 Å². The first-order valence-corrected chi connectivity index (χ1v) is 7.56.